The molecule has 0 aliphatic carbocycles. The van der Waals surface area contributed by atoms with Crippen molar-refractivity contribution in [2.75, 3.05) is 39.5 Å². The van der Waals surface area contributed by atoms with Crippen molar-refractivity contribution in [3.8, 4) is 0 Å². The highest BCUT2D eigenvalue weighted by Gasteiger charge is 2.37. The molecule has 0 spiro atoms. The Morgan fingerprint density at radius 3 is 1.96 bits per heavy atom. The van der Waals surface area contributed by atoms with Crippen LogP contribution >= 0.6 is 0 Å². The first kappa shape index (κ1) is 22.4. The van der Waals surface area contributed by atoms with Gasteiger partial charge < -0.3 is 10.5 Å². The number of carbonyl (C=O) groups excluding carboxylic acids is 4. The fourth-order valence-electron chi connectivity index (χ4n) is 3.45. The molecule has 3 N–H and O–H groups in total. The largest absolute Gasteiger partial charge is 0.359 e. The van der Waals surface area contributed by atoms with Crippen molar-refractivity contribution in [2.45, 2.75) is 51.7 Å². The van der Waals surface area contributed by atoms with Crippen LogP contribution in [0.2, 0.25) is 0 Å². The van der Waals surface area contributed by atoms with E-state index < -0.39 is 0 Å². The van der Waals surface area contributed by atoms with Crippen molar-refractivity contribution < 1.29 is 23.9 Å². The third kappa shape index (κ3) is 5.81. The molecule has 10 nitrogen and oxygen atoms in total. The van der Waals surface area contributed by atoms with Gasteiger partial charge in [-0.1, -0.05) is 13.3 Å². The number of nitrogens with two attached hydrogens (primary N) is 1. The maximum absolute atomic E-state index is 12.4. The summed E-state index contributed by atoms with van der Waals surface area (Å²) in [7, 11) is 0. The molecule has 2 aliphatic rings. The SMILES string of the molecule is CCCC(N)COCN1C(=O)CN(C(C)C(C)N2CC(=O)NC(=O)C2)CC1=O. The first-order valence-electron chi connectivity index (χ1n) is 9.70. The van der Waals surface area contributed by atoms with Crippen molar-refractivity contribution in [2.24, 2.45) is 5.73 Å². The average Bonchev–Trinajstić information content (AvgIpc) is 2.62. The molecule has 2 rings (SSSR count). The maximum Gasteiger partial charge on any atom is 0.245 e. The number of nitrogens with zero attached hydrogens (tertiary/aromatic N) is 3. The van der Waals surface area contributed by atoms with Gasteiger partial charge in [0.2, 0.25) is 23.6 Å². The van der Waals surface area contributed by atoms with E-state index >= 15 is 0 Å². The number of amides is 4. The van der Waals surface area contributed by atoms with Crippen LogP contribution in [-0.4, -0.2) is 96.0 Å². The number of ether oxygens (including phenoxy) is 1. The van der Waals surface area contributed by atoms with Crippen LogP contribution in [0.15, 0.2) is 0 Å². The van der Waals surface area contributed by atoms with Crippen LogP contribution in [0.4, 0.5) is 0 Å². The van der Waals surface area contributed by atoms with E-state index in [2.05, 4.69) is 5.32 Å². The zero-order chi connectivity index (χ0) is 20.8. The second-order valence-electron chi connectivity index (χ2n) is 7.53. The predicted octanol–water partition coefficient (Wildman–Crippen LogP) is -1.51. The summed E-state index contributed by atoms with van der Waals surface area (Å²) >= 11 is 0. The van der Waals surface area contributed by atoms with Gasteiger partial charge in [0.25, 0.3) is 0 Å². The summed E-state index contributed by atoms with van der Waals surface area (Å²) < 4.78 is 5.44. The third-order valence-electron chi connectivity index (χ3n) is 5.31. The molecule has 3 atom stereocenters. The molecular formula is C18H31N5O5. The van der Waals surface area contributed by atoms with Crippen LogP contribution in [0.25, 0.3) is 0 Å². The molecule has 28 heavy (non-hydrogen) atoms. The average molecular weight is 397 g/mol. The van der Waals surface area contributed by atoms with Crippen molar-refractivity contribution in [3.63, 3.8) is 0 Å². The van der Waals surface area contributed by atoms with Crippen LogP contribution < -0.4 is 11.1 Å². The summed E-state index contributed by atoms with van der Waals surface area (Å²) in [6.45, 7) is 6.40. The van der Waals surface area contributed by atoms with Gasteiger partial charge in [0.05, 0.1) is 32.8 Å². The van der Waals surface area contributed by atoms with Gasteiger partial charge in [0, 0.05) is 18.1 Å². The van der Waals surface area contributed by atoms with Gasteiger partial charge in [-0.05, 0) is 20.3 Å². The lowest BCUT2D eigenvalue weighted by Crippen LogP contribution is -2.62. The number of carbonyl (C=O) groups is 4. The highest BCUT2D eigenvalue weighted by atomic mass is 16.5. The lowest BCUT2D eigenvalue weighted by atomic mass is 10.1. The number of hydrogen-bond acceptors (Lipinski definition) is 8. The molecule has 10 heteroatoms. The Morgan fingerprint density at radius 2 is 1.46 bits per heavy atom. The second-order valence-corrected chi connectivity index (χ2v) is 7.53. The quantitative estimate of drug-likeness (QED) is 0.450. The molecule has 4 amide bonds. The zero-order valence-electron chi connectivity index (χ0n) is 16.8. The van der Waals surface area contributed by atoms with Crippen molar-refractivity contribution >= 4 is 23.6 Å². The van der Waals surface area contributed by atoms with Gasteiger partial charge in [0.15, 0.2) is 0 Å². The Hall–Kier alpha value is -1.88. The molecule has 0 aromatic rings. The van der Waals surface area contributed by atoms with Crippen LogP contribution in [0, 0.1) is 0 Å². The van der Waals surface area contributed by atoms with E-state index in [-0.39, 0.29) is 74.7 Å². The van der Waals surface area contributed by atoms with Crippen LogP contribution in [0.5, 0.6) is 0 Å². The normalized spacial score (nSPS) is 22.9. The summed E-state index contributed by atoms with van der Waals surface area (Å²) in [5, 5.41) is 2.27. The molecule has 2 fully saturated rings. The summed E-state index contributed by atoms with van der Waals surface area (Å²) in [6.07, 6.45) is 1.77. The minimum Gasteiger partial charge on any atom is -0.359 e. The summed E-state index contributed by atoms with van der Waals surface area (Å²) in [5.74, 6) is -1.34. The molecule has 3 unspecified atom stereocenters. The molecule has 0 radical (unpaired) electrons. The number of piperazine rings is 2. The predicted molar refractivity (Wildman–Crippen MR) is 101 cm³/mol. The monoisotopic (exact) mass is 397 g/mol. The van der Waals surface area contributed by atoms with Crippen molar-refractivity contribution in [1.82, 2.24) is 20.0 Å². The summed E-state index contributed by atoms with van der Waals surface area (Å²) in [5.41, 5.74) is 5.88. The molecule has 2 aliphatic heterocycles. The Labute approximate surface area is 165 Å². The Morgan fingerprint density at radius 1 is 0.964 bits per heavy atom. The number of hydrogen-bond donors (Lipinski definition) is 2. The highest BCUT2D eigenvalue weighted by Crippen LogP contribution is 2.16. The maximum atomic E-state index is 12.4. The smallest absolute Gasteiger partial charge is 0.245 e. The van der Waals surface area contributed by atoms with Gasteiger partial charge in [0.1, 0.15) is 6.73 Å². The van der Waals surface area contributed by atoms with E-state index in [1.165, 1.54) is 0 Å². The Kier molecular flexibility index (Phi) is 8.05. The van der Waals surface area contributed by atoms with Gasteiger partial charge in [-0.15, -0.1) is 0 Å². The molecular weight excluding hydrogens is 366 g/mol. The number of imide groups is 2. The van der Waals surface area contributed by atoms with E-state index in [1.54, 1.807) is 9.80 Å². The van der Waals surface area contributed by atoms with Crippen LogP contribution in [0.3, 0.4) is 0 Å². The van der Waals surface area contributed by atoms with E-state index in [1.807, 2.05) is 20.8 Å². The molecule has 0 aromatic carbocycles. The summed E-state index contributed by atoms with van der Waals surface area (Å²) in [4.78, 5) is 52.7. The molecule has 2 saturated heterocycles. The number of rotatable bonds is 9. The number of nitrogens with one attached hydrogen (secondary N) is 1. The molecule has 0 saturated carbocycles. The molecule has 0 aromatic heterocycles. The zero-order valence-corrected chi connectivity index (χ0v) is 16.8. The first-order valence-corrected chi connectivity index (χ1v) is 9.70. The van der Waals surface area contributed by atoms with E-state index in [4.69, 9.17) is 10.5 Å². The minimum absolute atomic E-state index is 0.0790. The Balaban J connectivity index is 1.88. The summed E-state index contributed by atoms with van der Waals surface area (Å²) in [6, 6.07) is -0.472. The van der Waals surface area contributed by atoms with Crippen LogP contribution in [-0.2, 0) is 23.9 Å². The fraction of sp³-hybridized carbons (Fsp3) is 0.778. The standard InChI is InChI=1S/C18H31N5O5/c1-4-5-14(19)10-28-11-23-17(26)8-22(9-18(23)27)13(3)12(2)21-6-15(24)20-16(25)7-21/h12-14H,4-11,19H2,1-3H3,(H,20,24,25). The molecule has 0 bridgehead atoms. The minimum atomic E-state index is -0.342. The van der Waals surface area contributed by atoms with Crippen molar-refractivity contribution in [1.29, 1.82) is 0 Å². The van der Waals surface area contributed by atoms with Crippen molar-refractivity contribution in [3.05, 3.63) is 0 Å². The first-order chi connectivity index (χ1) is 13.2. The van der Waals surface area contributed by atoms with Gasteiger partial charge in [-0.25, -0.2) is 0 Å². The Bertz CT molecular complexity index is 579. The molecule has 2 heterocycles. The second kappa shape index (κ2) is 10.1. The fourth-order valence-corrected chi connectivity index (χ4v) is 3.45. The van der Waals surface area contributed by atoms with E-state index in [0.717, 1.165) is 17.7 Å². The van der Waals surface area contributed by atoms with Gasteiger partial charge >= 0.3 is 0 Å². The topological polar surface area (TPSA) is 125 Å². The van der Waals surface area contributed by atoms with Gasteiger partial charge in [-0.3, -0.25) is 39.2 Å². The van der Waals surface area contributed by atoms with E-state index in [0.29, 0.717) is 6.61 Å². The third-order valence-corrected chi connectivity index (χ3v) is 5.31. The van der Waals surface area contributed by atoms with Gasteiger partial charge in [-0.2, -0.15) is 0 Å². The lowest BCUT2D eigenvalue weighted by Gasteiger charge is -2.42. The van der Waals surface area contributed by atoms with Crippen LogP contribution in [0.1, 0.15) is 33.6 Å². The lowest BCUT2D eigenvalue weighted by molar-refractivity contribution is -0.160. The molecule has 158 valence electrons. The van der Waals surface area contributed by atoms with E-state index in [9.17, 15) is 19.2 Å². The highest BCUT2D eigenvalue weighted by molar-refractivity contribution is 6.00.